The molecular weight excluding hydrogens is 424 g/mol. The fraction of sp³-hybridized carbons (Fsp3) is 0.381. The third-order valence-electron chi connectivity index (χ3n) is 5.48. The SMILES string of the molecule is C=CCOc1cc(Br)c(C=NN2C(=O)C3C4C=CC(C4)C3C2=O)cc1OCC. The van der Waals surface area contributed by atoms with E-state index in [1.54, 1.807) is 18.2 Å². The second kappa shape index (κ2) is 7.54. The van der Waals surface area contributed by atoms with E-state index in [0.29, 0.717) is 30.3 Å². The first kappa shape index (κ1) is 18.9. The molecule has 4 atom stereocenters. The van der Waals surface area contributed by atoms with Gasteiger partial charge in [0.2, 0.25) is 0 Å². The lowest BCUT2D eigenvalue weighted by Crippen LogP contribution is -2.28. The summed E-state index contributed by atoms with van der Waals surface area (Å²) in [6, 6.07) is 3.55. The van der Waals surface area contributed by atoms with Crippen molar-refractivity contribution in [3.63, 3.8) is 0 Å². The van der Waals surface area contributed by atoms with Crippen LogP contribution in [-0.2, 0) is 9.59 Å². The van der Waals surface area contributed by atoms with E-state index < -0.39 is 0 Å². The van der Waals surface area contributed by atoms with Crippen LogP contribution in [0, 0.1) is 23.7 Å². The molecule has 1 aromatic carbocycles. The third kappa shape index (κ3) is 3.07. The van der Waals surface area contributed by atoms with Gasteiger partial charge in [0, 0.05) is 10.0 Å². The molecule has 3 aliphatic rings. The Morgan fingerprint density at radius 1 is 1.18 bits per heavy atom. The first-order chi connectivity index (χ1) is 13.5. The minimum atomic E-state index is -0.253. The molecule has 6 nitrogen and oxygen atoms in total. The number of rotatable bonds is 7. The van der Waals surface area contributed by atoms with E-state index in [0.717, 1.165) is 15.9 Å². The highest BCUT2D eigenvalue weighted by atomic mass is 79.9. The van der Waals surface area contributed by atoms with Gasteiger partial charge in [-0.1, -0.05) is 24.8 Å². The number of carbonyl (C=O) groups excluding carboxylic acids is 2. The summed E-state index contributed by atoms with van der Waals surface area (Å²) in [7, 11) is 0. The zero-order chi connectivity index (χ0) is 19.8. The van der Waals surface area contributed by atoms with Crippen molar-refractivity contribution in [2.24, 2.45) is 28.8 Å². The fourth-order valence-corrected chi connectivity index (χ4v) is 4.72. The van der Waals surface area contributed by atoms with Crippen molar-refractivity contribution < 1.29 is 19.1 Å². The molecule has 2 aliphatic carbocycles. The highest BCUT2D eigenvalue weighted by molar-refractivity contribution is 9.10. The van der Waals surface area contributed by atoms with Crippen molar-refractivity contribution in [2.75, 3.05) is 13.2 Å². The van der Waals surface area contributed by atoms with Crippen LogP contribution < -0.4 is 9.47 Å². The number of fused-ring (bicyclic) bond motifs is 5. The number of carbonyl (C=O) groups is 2. The maximum Gasteiger partial charge on any atom is 0.254 e. The molecule has 28 heavy (non-hydrogen) atoms. The molecule has 1 heterocycles. The summed E-state index contributed by atoms with van der Waals surface area (Å²) in [6.45, 7) is 6.36. The Balaban J connectivity index is 1.58. The molecule has 0 spiro atoms. The summed E-state index contributed by atoms with van der Waals surface area (Å²) in [5.41, 5.74) is 0.688. The largest absolute Gasteiger partial charge is 0.490 e. The third-order valence-corrected chi connectivity index (χ3v) is 6.17. The van der Waals surface area contributed by atoms with E-state index in [1.807, 2.05) is 6.92 Å². The monoisotopic (exact) mass is 444 g/mol. The van der Waals surface area contributed by atoms with Crippen LogP contribution in [0.3, 0.4) is 0 Å². The van der Waals surface area contributed by atoms with Gasteiger partial charge >= 0.3 is 0 Å². The Kier molecular flexibility index (Phi) is 5.10. The summed E-state index contributed by atoms with van der Waals surface area (Å²) in [5.74, 6) is 0.579. The predicted molar refractivity (Wildman–Crippen MR) is 108 cm³/mol. The van der Waals surface area contributed by atoms with Gasteiger partial charge < -0.3 is 9.47 Å². The van der Waals surface area contributed by atoms with E-state index in [9.17, 15) is 9.59 Å². The van der Waals surface area contributed by atoms with Gasteiger partial charge in [-0.25, -0.2) is 0 Å². The van der Waals surface area contributed by atoms with Crippen LogP contribution in [0.5, 0.6) is 11.5 Å². The van der Waals surface area contributed by atoms with E-state index >= 15 is 0 Å². The summed E-state index contributed by atoms with van der Waals surface area (Å²) < 4.78 is 12.0. The second-order valence-electron chi connectivity index (χ2n) is 7.09. The number of allylic oxidation sites excluding steroid dienone is 2. The molecule has 7 heteroatoms. The van der Waals surface area contributed by atoms with Gasteiger partial charge in [-0.2, -0.15) is 10.1 Å². The average molecular weight is 445 g/mol. The van der Waals surface area contributed by atoms with Crippen LogP contribution in [0.1, 0.15) is 18.9 Å². The predicted octanol–water partition coefficient (Wildman–Crippen LogP) is 3.55. The summed E-state index contributed by atoms with van der Waals surface area (Å²) in [5, 5.41) is 5.27. The van der Waals surface area contributed by atoms with Gasteiger partial charge in [-0.05, 0) is 53.2 Å². The standard InChI is InChI=1S/C21H21BrN2O4/c1-3-7-28-17-10-15(22)14(9-16(17)27-4-2)11-23-24-20(25)18-12-5-6-13(8-12)19(18)21(24)26/h3,5-6,9-13,18-19H,1,4,7-8H2,2H3. The topological polar surface area (TPSA) is 68.2 Å². The van der Waals surface area contributed by atoms with Crippen molar-refractivity contribution in [1.29, 1.82) is 0 Å². The molecule has 4 unspecified atom stereocenters. The van der Waals surface area contributed by atoms with Crippen molar-refractivity contribution >= 4 is 34.0 Å². The Labute approximate surface area is 172 Å². The van der Waals surface area contributed by atoms with Gasteiger partial charge in [0.1, 0.15) is 6.61 Å². The normalized spacial score (nSPS) is 27.7. The number of hydrogen-bond donors (Lipinski definition) is 0. The van der Waals surface area contributed by atoms with Crippen LogP contribution in [0.15, 0.2) is 46.5 Å². The minimum absolute atomic E-state index is 0.171. The molecule has 0 radical (unpaired) electrons. The fourth-order valence-electron chi connectivity index (χ4n) is 4.30. The number of imide groups is 1. The lowest BCUT2D eigenvalue weighted by atomic mass is 9.85. The van der Waals surface area contributed by atoms with Crippen LogP contribution in [0.4, 0.5) is 0 Å². The molecule has 1 saturated carbocycles. The Hall–Kier alpha value is -2.41. The van der Waals surface area contributed by atoms with Crippen LogP contribution in [0.2, 0.25) is 0 Å². The number of halogens is 1. The molecule has 2 amide bonds. The molecule has 2 bridgehead atoms. The zero-order valence-electron chi connectivity index (χ0n) is 15.5. The van der Waals surface area contributed by atoms with Crippen molar-refractivity contribution in [2.45, 2.75) is 13.3 Å². The van der Waals surface area contributed by atoms with E-state index in [-0.39, 0.29) is 35.5 Å². The van der Waals surface area contributed by atoms with E-state index in [2.05, 4.69) is 39.8 Å². The highest BCUT2D eigenvalue weighted by Crippen LogP contribution is 2.52. The molecular formula is C21H21BrN2O4. The number of nitrogens with zero attached hydrogens (tertiary/aromatic N) is 2. The summed E-state index contributed by atoms with van der Waals surface area (Å²) >= 11 is 3.49. The number of ether oxygens (including phenoxy) is 2. The Morgan fingerprint density at radius 3 is 2.43 bits per heavy atom. The Morgan fingerprint density at radius 2 is 1.82 bits per heavy atom. The molecule has 0 aromatic heterocycles. The maximum atomic E-state index is 12.7. The quantitative estimate of drug-likeness (QED) is 0.366. The van der Waals surface area contributed by atoms with E-state index in [4.69, 9.17) is 9.47 Å². The number of benzene rings is 1. The lowest BCUT2D eigenvalue weighted by molar-refractivity contribution is -0.140. The van der Waals surface area contributed by atoms with Gasteiger partial charge in [0.15, 0.2) is 11.5 Å². The summed E-state index contributed by atoms with van der Waals surface area (Å²) in [6.07, 6.45) is 8.20. The average Bonchev–Trinajstić information content (AvgIpc) is 3.35. The lowest BCUT2D eigenvalue weighted by Gasteiger charge is -2.14. The van der Waals surface area contributed by atoms with Gasteiger partial charge in [0.25, 0.3) is 11.8 Å². The van der Waals surface area contributed by atoms with Gasteiger partial charge in [-0.3, -0.25) is 9.59 Å². The first-order valence-electron chi connectivity index (χ1n) is 9.35. The number of hydrogen-bond acceptors (Lipinski definition) is 5. The highest BCUT2D eigenvalue weighted by Gasteiger charge is 2.59. The number of amides is 2. The minimum Gasteiger partial charge on any atom is -0.490 e. The van der Waals surface area contributed by atoms with Crippen LogP contribution >= 0.6 is 15.9 Å². The molecule has 4 rings (SSSR count). The van der Waals surface area contributed by atoms with Gasteiger partial charge in [-0.15, -0.1) is 0 Å². The number of hydrazone groups is 1. The molecule has 2 fully saturated rings. The molecule has 146 valence electrons. The summed E-state index contributed by atoms with van der Waals surface area (Å²) in [4.78, 5) is 25.5. The second-order valence-corrected chi connectivity index (χ2v) is 7.94. The van der Waals surface area contributed by atoms with Crippen molar-refractivity contribution in [1.82, 2.24) is 5.01 Å². The van der Waals surface area contributed by atoms with Crippen molar-refractivity contribution in [3.8, 4) is 11.5 Å². The van der Waals surface area contributed by atoms with Crippen LogP contribution in [0.25, 0.3) is 0 Å². The Bertz CT molecular complexity index is 865. The maximum absolute atomic E-state index is 12.7. The first-order valence-corrected chi connectivity index (χ1v) is 10.1. The molecule has 1 aromatic rings. The molecule has 1 saturated heterocycles. The molecule has 0 N–H and O–H groups in total. The zero-order valence-corrected chi connectivity index (χ0v) is 17.1. The van der Waals surface area contributed by atoms with Crippen LogP contribution in [-0.4, -0.2) is 36.3 Å². The molecule has 1 aliphatic heterocycles. The van der Waals surface area contributed by atoms with E-state index in [1.165, 1.54) is 6.21 Å². The van der Waals surface area contributed by atoms with Gasteiger partial charge in [0.05, 0.1) is 24.7 Å². The smallest absolute Gasteiger partial charge is 0.254 e. The van der Waals surface area contributed by atoms with Crippen molar-refractivity contribution in [3.05, 3.63) is 47.0 Å².